The normalized spacial score (nSPS) is 27.5. The molecule has 7 rings (SSSR count). The van der Waals surface area contributed by atoms with E-state index < -0.39 is 11.2 Å². The first-order valence-electron chi connectivity index (χ1n) is 12.6. The van der Waals surface area contributed by atoms with Crippen molar-refractivity contribution in [1.29, 1.82) is 0 Å². The molecule has 2 aromatic carbocycles. The summed E-state index contributed by atoms with van der Waals surface area (Å²) in [5.74, 6) is 0.727. The summed E-state index contributed by atoms with van der Waals surface area (Å²) in [6.07, 6.45) is 1.28. The molecule has 1 aliphatic carbocycles. The van der Waals surface area contributed by atoms with Crippen LogP contribution in [0.25, 0.3) is 21.9 Å². The van der Waals surface area contributed by atoms with Crippen LogP contribution >= 0.6 is 0 Å². The highest BCUT2D eigenvalue weighted by Gasteiger charge is 2.59. The molecule has 6 nitrogen and oxygen atoms in total. The van der Waals surface area contributed by atoms with Gasteiger partial charge in [0.2, 0.25) is 0 Å². The van der Waals surface area contributed by atoms with Crippen LogP contribution < -0.4 is 20.7 Å². The molecular weight excluding hydrogens is 456 g/mol. The van der Waals surface area contributed by atoms with Crippen LogP contribution in [0.4, 0.5) is 0 Å². The first kappa shape index (κ1) is 21.7. The zero-order chi connectivity index (χ0) is 25.1. The summed E-state index contributed by atoms with van der Waals surface area (Å²) >= 11 is 0. The van der Waals surface area contributed by atoms with Gasteiger partial charge in [0.15, 0.2) is 0 Å². The first-order valence-corrected chi connectivity index (χ1v) is 12.6. The molecule has 1 fully saturated rings. The van der Waals surface area contributed by atoms with Crippen LogP contribution in [0.2, 0.25) is 0 Å². The molecular formula is C30H28O6. The van der Waals surface area contributed by atoms with Crippen LogP contribution in [0, 0.1) is 19.8 Å². The van der Waals surface area contributed by atoms with Gasteiger partial charge in [-0.1, -0.05) is 24.3 Å². The smallest absolute Gasteiger partial charge is 0.343 e. The van der Waals surface area contributed by atoms with Gasteiger partial charge in [0, 0.05) is 17.8 Å². The lowest BCUT2D eigenvalue weighted by Gasteiger charge is -2.56. The van der Waals surface area contributed by atoms with Gasteiger partial charge < -0.3 is 18.3 Å². The van der Waals surface area contributed by atoms with Crippen LogP contribution in [-0.2, 0) is 0 Å². The van der Waals surface area contributed by atoms with Gasteiger partial charge in [0.25, 0.3) is 0 Å². The third kappa shape index (κ3) is 2.73. The number of ether oxygens (including phenoxy) is 2. The van der Waals surface area contributed by atoms with Gasteiger partial charge in [-0.2, -0.15) is 0 Å². The van der Waals surface area contributed by atoms with Crippen molar-refractivity contribution < 1.29 is 18.3 Å². The number of aryl methyl sites for hydroxylation is 2. The van der Waals surface area contributed by atoms with Crippen LogP contribution in [0.15, 0.2) is 54.8 Å². The molecule has 4 atom stereocenters. The Morgan fingerprint density at radius 1 is 0.722 bits per heavy atom. The largest absolute Gasteiger partial charge is 0.486 e. The lowest BCUT2D eigenvalue weighted by atomic mass is 9.56. The van der Waals surface area contributed by atoms with E-state index >= 15 is 0 Å². The van der Waals surface area contributed by atoms with E-state index in [0.29, 0.717) is 46.6 Å². The number of hydrogen-bond donors (Lipinski definition) is 0. The van der Waals surface area contributed by atoms with E-state index in [1.807, 2.05) is 44.2 Å². The van der Waals surface area contributed by atoms with E-state index in [9.17, 15) is 9.59 Å². The summed E-state index contributed by atoms with van der Waals surface area (Å²) in [6.45, 7) is 10.2. The van der Waals surface area contributed by atoms with E-state index in [1.54, 1.807) is 6.07 Å². The predicted molar refractivity (Wildman–Crippen MR) is 136 cm³/mol. The van der Waals surface area contributed by atoms with Gasteiger partial charge in [-0.3, -0.25) is 0 Å². The summed E-state index contributed by atoms with van der Waals surface area (Å²) in [5, 5.41) is 1.68. The van der Waals surface area contributed by atoms with Crippen LogP contribution in [-0.4, -0.2) is 11.2 Å². The summed E-state index contributed by atoms with van der Waals surface area (Å²) in [7, 11) is 0. The maximum atomic E-state index is 13.4. The Balaban J connectivity index is 1.53. The van der Waals surface area contributed by atoms with Crippen molar-refractivity contribution in [3.05, 3.63) is 79.5 Å². The minimum Gasteiger partial charge on any atom is -0.486 e. The molecule has 0 unspecified atom stereocenters. The molecule has 0 amide bonds. The van der Waals surface area contributed by atoms with E-state index in [1.165, 1.54) is 0 Å². The summed E-state index contributed by atoms with van der Waals surface area (Å²) in [5.41, 5.74) is 2.22. The number of rotatable bonds is 0. The molecule has 0 spiro atoms. The quantitative estimate of drug-likeness (QED) is 0.280. The molecule has 2 bridgehead atoms. The molecule has 2 aliphatic heterocycles. The van der Waals surface area contributed by atoms with E-state index in [2.05, 4.69) is 20.8 Å². The van der Waals surface area contributed by atoms with Gasteiger partial charge in [-0.25, -0.2) is 9.59 Å². The average molecular weight is 485 g/mol. The second-order valence-electron chi connectivity index (χ2n) is 11.6. The Hall–Kier alpha value is -3.54. The molecule has 0 radical (unpaired) electrons. The zero-order valence-electron chi connectivity index (χ0n) is 21.1. The van der Waals surface area contributed by atoms with E-state index in [-0.39, 0.29) is 29.0 Å². The van der Waals surface area contributed by atoms with Crippen molar-refractivity contribution in [2.24, 2.45) is 5.92 Å². The number of hydrogen-bond acceptors (Lipinski definition) is 6. The molecule has 1 saturated carbocycles. The Labute approximate surface area is 207 Å². The molecule has 0 N–H and O–H groups in total. The molecule has 6 heteroatoms. The average Bonchev–Trinajstić information content (AvgIpc) is 2.77. The molecule has 0 saturated heterocycles. The van der Waals surface area contributed by atoms with Gasteiger partial charge in [-0.15, -0.1) is 0 Å². The standard InChI is InChI=1S/C30H28O6/c1-14-8-6-10-18-20(14)25-22(27(31)33-18)16-12-30(5)13-17(24(16)29(3,4)35-25)23-26(36-30)21-15(2)9-7-11-19(21)34-28(23)32/h6-11,16-17,24H,12-13H2,1-5H3/t16-,17-,24+,30+/m1/s1. The second kappa shape index (κ2) is 6.81. The van der Waals surface area contributed by atoms with Gasteiger partial charge in [0.1, 0.15) is 33.9 Å². The fourth-order valence-corrected chi connectivity index (χ4v) is 7.39. The van der Waals surface area contributed by atoms with E-state index in [0.717, 1.165) is 21.9 Å². The highest BCUT2D eigenvalue weighted by molar-refractivity contribution is 5.89. The van der Waals surface area contributed by atoms with Crippen molar-refractivity contribution in [3.8, 4) is 11.5 Å². The van der Waals surface area contributed by atoms with Crippen molar-refractivity contribution in [2.45, 2.75) is 70.5 Å². The monoisotopic (exact) mass is 484 g/mol. The van der Waals surface area contributed by atoms with Gasteiger partial charge in [0.05, 0.1) is 21.9 Å². The molecule has 4 heterocycles. The number of fused-ring (bicyclic) bond motifs is 12. The molecule has 2 aromatic heterocycles. The highest BCUT2D eigenvalue weighted by Crippen LogP contribution is 2.62. The Morgan fingerprint density at radius 3 is 1.69 bits per heavy atom. The van der Waals surface area contributed by atoms with Gasteiger partial charge in [-0.05, 0) is 70.7 Å². The summed E-state index contributed by atoms with van der Waals surface area (Å²) in [6, 6.07) is 11.4. The molecule has 4 aromatic rings. The first-order chi connectivity index (χ1) is 17.1. The predicted octanol–water partition coefficient (Wildman–Crippen LogP) is 6.12. The summed E-state index contributed by atoms with van der Waals surface area (Å²) < 4.78 is 25.1. The molecule has 36 heavy (non-hydrogen) atoms. The second-order valence-corrected chi connectivity index (χ2v) is 11.6. The van der Waals surface area contributed by atoms with Crippen LogP contribution in [0.5, 0.6) is 11.5 Å². The fourth-order valence-electron chi connectivity index (χ4n) is 7.39. The maximum absolute atomic E-state index is 13.4. The lowest BCUT2D eigenvalue weighted by Crippen LogP contribution is -2.58. The highest BCUT2D eigenvalue weighted by atomic mass is 16.5. The third-order valence-corrected chi connectivity index (χ3v) is 8.69. The molecule has 184 valence electrons. The zero-order valence-corrected chi connectivity index (χ0v) is 21.1. The Kier molecular flexibility index (Phi) is 4.11. The van der Waals surface area contributed by atoms with Crippen molar-refractivity contribution in [1.82, 2.24) is 0 Å². The molecule has 3 aliphatic rings. The van der Waals surface area contributed by atoms with Crippen molar-refractivity contribution in [3.63, 3.8) is 0 Å². The Morgan fingerprint density at radius 2 is 1.19 bits per heavy atom. The number of benzene rings is 2. The summed E-state index contributed by atoms with van der Waals surface area (Å²) in [4.78, 5) is 26.9. The third-order valence-electron chi connectivity index (χ3n) is 8.69. The SMILES string of the molecule is Cc1cccc2oc(=O)c3c(c12)OC(C)(C)[C@H]1[C@@H]3C[C@@]2(C)C[C@@H]1c1c(c3c(C)cccc3oc1=O)O2. The van der Waals surface area contributed by atoms with Crippen LogP contribution in [0.3, 0.4) is 0 Å². The lowest BCUT2D eigenvalue weighted by molar-refractivity contribution is -0.0807. The topological polar surface area (TPSA) is 78.9 Å². The van der Waals surface area contributed by atoms with E-state index in [4.69, 9.17) is 18.3 Å². The Bertz CT molecular complexity index is 1620. The minimum atomic E-state index is -0.644. The van der Waals surface area contributed by atoms with Crippen molar-refractivity contribution >= 4 is 21.9 Å². The maximum Gasteiger partial charge on any atom is 0.343 e. The van der Waals surface area contributed by atoms with Gasteiger partial charge >= 0.3 is 11.3 Å². The fraction of sp³-hybridized carbons (Fsp3) is 0.400. The van der Waals surface area contributed by atoms with Crippen LogP contribution in [0.1, 0.15) is 67.7 Å². The van der Waals surface area contributed by atoms with Crippen molar-refractivity contribution in [2.75, 3.05) is 0 Å². The minimum absolute atomic E-state index is 0.130.